The van der Waals surface area contributed by atoms with Crippen LogP contribution in [0.3, 0.4) is 0 Å². The Balaban J connectivity index is 1.80. The number of nitrogens with zero attached hydrogens (tertiary/aromatic N) is 2. The van der Waals surface area contributed by atoms with Gasteiger partial charge in [-0.25, -0.2) is 0 Å². The van der Waals surface area contributed by atoms with E-state index in [-0.39, 0.29) is 29.0 Å². The molecule has 29 heavy (non-hydrogen) atoms. The number of aryl methyl sites for hydroxylation is 1. The van der Waals surface area contributed by atoms with Gasteiger partial charge in [0.05, 0.1) is 12.1 Å². The second-order valence-corrected chi connectivity index (χ2v) is 9.06. The maximum Gasteiger partial charge on any atom is 0.124 e. The average molecular weight is 393 g/mol. The van der Waals surface area contributed by atoms with E-state index >= 15 is 0 Å². The number of aromatic hydroxyl groups is 2. The third-order valence-corrected chi connectivity index (χ3v) is 5.58. The Bertz CT molecular complexity index is 910. The van der Waals surface area contributed by atoms with Crippen LogP contribution in [0.15, 0.2) is 46.4 Å². The van der Waals surface area contributed by atoms with Crippen LogP contribution in [0.5, 0.6) is 11.5 Å². The Morgan fingerprint density at radius 3 is 1.90 bits per heavy atom. The maximum absolute atomic E-state index is 10.3. The van der Waals surface area contributed by atoms with Crippen LogP contribution < -0.4 is 0 Å². The summed E-state index contributed by atoms with van der Waals surface area (Å²) in [6.07, 6.45) is 7.82. The number of benzene rings is 2. The molecule has 1 fully saturated rings. The van der Waals surface area contributed by atoms with E-state index in [2.05, 4.69) is 20.8 Å². The third-order valence-electron chi connectivity index (χ3n) is 5.58. The van der Waals surface area contributed by atoms with Gasteiger partial charge in [0.2, 0.25) is 0 Å². The topological polar surface area (TPSA) is 65.2 Å². The number of phenolic OH excluding ortho intramolecular Hbond substituents is 2. The van der Waals surface area contributed by atoms with Crippen molar-refractivity contribution in [2.45, 2.75) is 70.9 Å². The summed E-state index contributed by atoms with van der Waals surface area (Å²) in [5.74, 6) is 0.501. The maximum atomic E-state index is 10.3. The summed E-state index contributed by atoms with van der Waals surface area (Å²) >= 11 is 0. The molecule has 0 bridgehead atoms. The van der Waals surface area contributed by atoms with Crippen LogP contribution in [0.1, 0.15) is 68.7 Å². The molecule has 0 unspecified atom stereocenters. The van der Waals surface area contributed by atoms with E-state index in [9.17, 15) is 10.2 Å². The summed E-state index contributed by atoms with van der Waals surface area (Å²) in [4.78, 5) is 9.58. The van der Waals surface area contributed by atoms with Gasteiger partial charge in [0, 0.05) is 23.6 Å². The molecule has 2 atom stereocenters. The van der Waals surface area contributed by atoms with Gasteiger partial charge in [-0.05, 0) is 55.0 Å². The lowest BCUT2D eigenvalue weighted by Gasteiger charge is -2.25. The van der Waals surface area contributed by atoms with Crippen molar-refractivity contribution in [3.63, 3.8) is 0 Å². The predicted molar refractivity (Wildman–Crippen MR) is 121 cm³/mol. The van der Waals surface area contributed by atoms with Gasteiger partial charge < -0.3 is 10.2 Å². The normalized spacial score (nSPS) is 20.6. The van der Waals surface area contributed by atoms with Gasteiger partial charge in [-0.2, -0.15) is 0 Å². The lowest BCUT2D eigenvalue weighted by molar-refractivity contribution is 0.390. The van der Waals surface area contributed by atoms with E-state index in [1.807, 2.05) is 31.2 Å². The first-order chi connectivity index (χ1) is 13.7. The molecule has 4 heteroatoms. The molecule has 1 saturated carbocycles. The fourth-order valence-electron chi connectivity index (χ4n) is 3.69. The van der Waals surface area contributed by atoms with Crippen LogP contribution in [-0.4, -0.2) is 34.7 Å². The van der Waals surface area contributed by atoms with Crippen LogP contribution >= 0.6 is 0 Å². The highest BCUT2D eigenvalue weighted by Crippen LogP contribution is 2.28. The van der Waals surface area contributed by atoms with E-state index in [1.54, 1.807) is 24.6 Å². The zero-order chi connectivity index (χ0) is 21.0. The number of hydrogen-bond donors (Lipinski definition) is 2. The summed E-state index contributed by atoms with van der Waals surface area (Å²) in [6, 6.07) is 11.4. The molecular formula is C25H32N2O2. The summed E-state index contributed by atoms with van der Waals surface area (Å²) in [5.41, 5.74) is 3.78. The zero-order valence-electron chi connectivity index (χ0n) is 17.9. The van der Waals surface area contributed by atoms with E-state index < -0.39 is 0 Å². The molecule has 0 heterocycles. The van der Waals surface area contributed by atoms with Crippen molar-refractivity contribution in [1.82, 2.24) is 0 Å². The van der Waals surface area contributed by atoms with Crippen LogP contribution in [0.2, 0.25) is 0 Å². The van der Waals surface area contributed by atoms with Crippen molar-refractivity contribution in [3.8, 4) is 11.5 Å². The Hall–Kier alpha value is -2.62. The smallest absolute Gasteiger partial charge is 0.124 e. The molecule has 2 aromatic rings. The molecule has 0 radical (unpaired) electrons. The SMILES string of the molecule is Cc1ccc(O)c(/C=N/[C@@H]2CCCC[C@H]2/N=C/c2cc(C(C)(C)C)ccc2O)c1. The lowest BCUT2D eigenvalue weighted by atomic mass is 9.86. The first-order valence-electron chi connectivity index (χ1n) is 10.4. The molecule has 1 aliphatic rings. The van der Waals surface area contributed by atoms with Crippen LogP contribution in [0.25, 0.3) is 0 Å². The monoisotopic (exact) mass is 392 g/mol. The second-order valence-electron chi connectivity index (χ2n) is 9.06. The zero-order valence-corrected chi connectivity index (χ0v) is 17.9. The van der Waals surface area contributed by atoms with E-state index in [0.29, 0.717) is 0 Å². The molecule has 4 nitrogen and oxygen atoms in total. The Labute approximate surface area is 174 Å². The molecule has 0 spiro atoms. The molecule has 0 aromatic heterocycles. The summed E-state index contributed by atoms with van der Waals surface area (Å²) < 4.78 is 0. The van der Waals surface area contributed by atoms with Gasteiger partial charge in [0.25, 0.3) is 0 Å². The van der Waals surface area contributed by atoms with Gasteiger partial charge in [0.15, 0.2) is 0 Å². The van der Waals surface area contributed by atoms with Crippen molar-refractivity contribution in [2.24, 2.45) is 9.98 Å². The van der Waals surface area contributed by atoms with Crippen molar-refractivity contribution < 1.29 is 10.2 Å². The molecule has 3 rings (SSSR count). The molecule has 0 aliphatic heterocycles. The van der Waals surface area contributed by atoms with E-state index in [1.165, 1.54) is 5.56 Å². The van der Waals surface area contributed by atoms with Crippen LogP contribution in [-0.2, 0) is 5.41 Å². The Morgan fingerprint density at radius 1 is 0.828 bits per heavy atom. The van der Waals surface area contributed by atoms with Gasteiger partial charge in [-0.1, -0.05) is 51.3 Å². The molecule has 2 N–H and O–H groups in total. The molecular weight excluding hydrogens is 360 g/mol. The minimum Gasteiger partial charge on any atom is -0.507 e. The average Bonchev–Trinajstić information content (AvgIpc) is 2.68. The fraction of sp³-hybridized carbons (Fsp3) is 0.440. The minimum atomic E-state index is 0.0176. The number of phenols is 2. The summed E-state index contributed by atoms with van der Waals surface area (Å²) in [7, 11) is 0. The van der Waals surface area contributed by atoms with E-state index in [4.69, 9.17) is 9.98 Å². The third kappa shape index (κ3) is 5.47. The van der Waals surface area contributed by atoms with Gasteiger partial charge in [-0.3, -0.25) is 9.98 Å². The van der Waals surface area contributed by atoms with E-state index in [0.717, 1.165) is 42.4 Å². The molecule has 0 saturated heterocycles. The molecule has 154 valence electrons. The van der Waals surface area contributed by atoms with Gasteiger partial charge in [-0.15, -0.1) is 0 Å². The summed E-state index contributed by atoms with van der Waals surface area (Å²) in [5, 5.41) is 20.3. The molecule has 0 amide bonds. The van der Waals surface area contributed by atoms with Crippen molar-refractivity contribution >= 4 is 12.4 Å². The predicted octanol–water partition coefficient (Wildman–Crippen LogP) is 5.55. The van der Waals surface area contributed by atoms with Crippen molar-refractivity contribution in [2.75, 3.05) is 0 Å². The van der Waals surface area contributed by atoms with Gasteiger partial charge >= 0.3 is 0 Å². The highest BCUT2D eigenvalue weighted by molar-refractivity contribution is 5.85. The molecule has 1 aliphatic carbocycles. The van der Waals surface area contributed by atoms with Gasteiger partial charge in [0.1, 0.15) is 11.5 Å². The minimum absolute atomic E-state index is 0.0176. The Morgan fingerprint density at radius 2 is 1.34 bits per heavy atom. The Kier molecular flexibility index (Phi) is 6.41. The lowest BCUT2D eigenvalue weighted by Crippen LogP contribution is -2.27. The fourth-order valence-corrected chi connectivity index (χ4v) is 3.69. The quantitative estimate of drug-likeness (QED) is 0.670. The van der Waals surface area contributed by atoms with Crippen LogP contribution in [0, 0.1) is 6.92 Å². The van der Waals surface area contributed by atoms with Crippen LogP contribution in [0.4, 0.5) is 0 Å². The second kappa shape index (κ2) is 8.81. The van der Waals surface area contributed by atoms with Crippen molar-refractivity contribution in [1.29, 1.82) is 0 Å². The highest BCUT2D eigenvalue weighted by Gasteiger charge is 2.23. The van der Waals surface area contributed by atoms with Crippen molar-refractivity contribution in [3.05, 3.63) is 58.7 Å². The molecule has 2 aromatic carbocycles. The number of hydrogen-bond acceptors (Lipinski definition) is 4. The largest absolute Gasteiger partial charge is 0.507 e. The number of rotatable bonds is 4. The first kappa shape index (κ1) is 21.1. The summed E-state index contributed by atoms with van der Waals surface area (Å²) in [6.45, 7) is 8.48. The standard InChI is InChI=1S/C25H32N2O2/c1-17-9-11-23(28)18(13-17)15-26-21-7-5-6-8-22(21)27-16-19-14-20(25(2,3)4)10-12-24(19)29/h9-16,21-22,28-29H,5-8H2,1-4H3/b26-15+,27-16+/t21-,22-/m1/s1. The number of aliphatic imine (C=N–C) groups is 2. The first-order valence-corrected chi connectivity index (χ1v) is 10.4. The highest BCUT2D eigenvalue weighted by atomic mass is 16.3.